The Balaban J connectivity index is 2.53. The summed E-state index contributed by atoms with van der Waals surface area (Å²) in [7, 11) is 0. The van der Waals surface area contributed by atoms with Gasteiger partial charge in [0.15, 0.2) is 0 Å². The molecule has 0 saturated carbocycles. The molecule has 0 aromatic carbocycles. The Morgan fingerprint density at radius 3 is 2.88 bits per heavy atom. The molecule has 3 nitrogen and oxygen atoms in total. The minimum absolute atomic E-state index is 0.439. The minimum atomic E-state index is 0.439. The molecular formula is C4H10O3S. The van der Waals surface area contributed by atoms with Crippen LogP contribution >= 0.6 is 11.8 Å². The van der Waals surface area contributed by atoms with E-state index in [4.69, 9.17) is 5.26 Å². The molecule has 0 aliphatic heterocycles. The Morgan fingerprint density at radius 2 is 2.38 bits per heavy atom. The van der Waals surface area contributed by atoms with Crippen molar-refractivity contribution in [2.75, 3.05) is 18.1 Å². The lowest BCUT2D eigenvalue weighted by Gasteiger charge is -1.94. The Bertz CT molecular complexity index is 36.3. The van der Waals surface area contributed by atoms with Crippen LogP contribution < -0.4 is 0 Å². The van der Waals surface area contributed by atoms with Crippen molar-refractivity contribution in [3.05, 3.63) is 0 Å². The van der Waals surface area contributed by atoms with Crippen molar-refractivity contribution >= 4 is 11.8 Å². The summed E-state index contributed by atoms with van der Waals surface area (Å²) in [5.74, 6) is 1.92. The monoisotopic (exact) mass is 138 g/mol. The van der Waals surface area contributed by atoms with E-state index >= 15 is 0 Å². The van der Waals surface area contributed by atoms with Crippen LogP contribution in [0.5, 0.6) is 0 Å². The lowest BCUT2D eigenvalue weighted by molar-refractivity contribution is -0.488. The number of hydrogen-bond acceptors (Lipinski definition) is 4. The van der Waals surface area contributed by atoms with Crippen molar-refractivity contribution in [1.29, 1.82) is 0 Å². The van der Waals surface area contributed by atoms with Crippen LogP contribution in [-0.2, 0) is 9.93 Å². The Hall–Kier alpha value is 0.230. The zero-order valence-electron chi connectivity index (χ0n) is 4.79. The lowest BCUT2D eigenvalue weighted by Crippen LogP contribution is -1.95. The Morgan fingerprint density at radius 1 is 1.62 bits per heavy atom. The van der Waals surface area contributed by atoms with Crippen LogP contribution in [0.3, 0.4) is 0 Å². The van der Waals surface area contributed by atoms with E-state index in [1.165, 1.54) is 0 Å². The van der Waals surface area contributed by atoms with Gasteiger partial charge in [-0.25, -0.2) is 10.1 Å². The molecule has 0 heterocycles. The fraction of sp³-hybridized carbons (Fsp3) is 1.00. The number of thioether (sulfide) groups is 1. The molecule has 0 radical (unpaired) electrons. The van der Waals surface area contributed by atoms with Crippen LogP contribution in [0, 0.1) is 0 Å². The fourth-order valence-corrected chi connectivity index (χ4v) is 0.749. The minimum Gasteiger partial charge on any atom is -0.221 e. The van der Waals surface area contributed by atoms with E-state index in [0.29, 0.717) is 6.61 Å². The van der Waals surface area contributed by atoms with Crippen LogP contribution in [0.15, 0.2) is 0 Å². The van der Waals surface area contributed by atoms with E-state index in [0.717, 1.165) is 11.5 Å². The van der Waals surface area contributed by atoms with Gasteiger partial charge >= 0.3 is 0 Å². The summed E-state index contributed by atoms with van der Waals surface area (Å²) in [6.07, 6.45) is 0. The first-order valence-corrected chi connectivity index (χ1v) is 3.58. The highest BCUT2D eigenvalue weighted by atomic mass is 32.2. The van der Waals surface area contributed by atoms with Gasteiger partial charge in [-0.1, -0.05) is 12.0 Å². The number of hydrogen-bond donors (Lipinski definition) is 1. The van der Waals surface area contributed by atoms with Gasteiger partial charge in [0.1, 0.15) is 0 Å². The third-order valence-electron chi connectivity index (χ3n) is 0.568. The molecule has 0 aliphatic carbocycles. The van der Waals surface area contributed by atoms with E-state index < -0.39 is 0 Å². The van der Waals surface area contributed by atoms with E-state index in [1.54, 1.807) is 11.8 Å². The predicted molar refractivity (Wildman–Crippen MR) is 32.7 cm³/mol. The van der Waals surface area contributed by atoms with Gasteiger partial charge in [-0.3, -0.25) is 0 Å². The molecule has 0 unspecified atom stereocenters. The van der Waals surface area contributed by atoms with Crippen molar-refractivity contribution in [2.45, 2.75) is 6.92 Å². The molecule has 0 rings (SSSR count). The Kier molecular flexibility index (Phi) is 7.44. The normalized spacial score (nSPS) is 9.75. The zero-order valence-corrected chi connectivity index (χ0v) is 5.61. The maximum Gasteiger partial charge on any atom is 0.0944 e. The summed E-state index contributed by atoms with van der Waals surface area (Å²) >= 11 is 1.73. The number of rotatable bonds is 5. The molecule has 50 valence electrons. The fourth-order valence-electron chi connectivity index (χ4n) is 0.275. The first kappa shape index (κ1) is 8.23. The van der Waals surface area contributed by atoms with E-state index in [-0.39, 0.29) is 0 Å². The second-order valence-corrected chi connectivity index (χ2v) is 2.49. The van der Waals surface area contributed by atoms with Gasteiger partial charge in [0.25, 0.3) is 0 Å². The predicted octanol–water partition coefficient (Wildman–Crippen LogP) is 1.16. The second kappa shape index (κ2) is 7.23. The standard InChI is InChI=1S/C4H10O3S/c1-2-8-4-3-6-7-5/h5H,2-4H2,1H3. The molecule has 0 spiro atoms. The van der Waals surface area contributed by atoms with Crippen LogP contribution in [0.4, 0.5) is 0 Å². The summed E-state index contributed by atoms with van der Waals surface area (Å²) < 4.78 is 0. The molecule has 0 atom stereocenters. The third kappa shape index (κ3) is 6.23. The molecule has 0 bridgehead atoms. The molecule has 0 aromatic heterocycles. The van der Waals surface area contributed by atoms with Crippen LogP contribution in [-0.4, -0.2) is 23.4 Å². The quantitative estimate of drug-likeness (QED) is 0.351. The highest BCUT2D eigenvalue weighted by Crippen LogP contribution is 1.96. The van der Waals surface area contributed by atoms with Crippen molar-refractivity contribution in [3.8, 4) is 0 Å². The van der Waals surface area contributed by atoms with E-state index in [2.05, 4.69) is 16.8 Å². The summed E-state index contributed by atoms with van der Waals surface area (Å²) in [5.41, 5.74) is 0. The first-order chi connectivity index (χ1) is 3.91. The Labute approximate surface area is 52.8 Å². The average molecular weight is 138 g/mol. The topological polar surface area (TPSA) is 38.7 Å². The van der Waals surface area contributed by atoms with Gasteiger partial charge in [-0.05, 0) is 5.75 Å². The van der Waals surface area contributed by atoms with Gasteiger partial charge < -0.3 is 0 Å². The highest BCUT2D eigenvalue weighted by molar-refractivity contribution is 7.99. The average Bonchev–Trinajstić information content (AvgIpc) is 1.81. The molecular weight excluding hydrogens is 128 g/mol. The zero-order chi connectivity index (χ0) is 6.24. The largest absolute Gasteiger partial charge is 0.221 e. The smallest absolute Gasteiger partial charge is 0.0944 e. The maximum atomic E-state index is 7.63. The van der Waals surface area contributed by atoms with Crippen LogP contribution in [0.1, 0.15) is 6.92 Å². The molecule has 0 saturated heterocycles. The summed E-state index contributed by atoms with van der Waals surface area (Å²) in [6.45, 7) is 2.50. The van der Waals surface area contributed by atoms with Crippen molar-refractivity contribution in [1.82, 2.24) is 0 Å². The maximum absolute atomic E-state index is 7.63. The summed E-state index contributed by atoms with van der Waals surface area (Å²) in [5, 5.41) is 11.0. The molecule has 0 aromatic rings. The molecule has 0 fully saturated rings. The SMILES string of the molecule is CCSCCOOO. The van der Waals surface area contributed by atoms with Gasteiger partial charge in [0, 0.05) is 5.75 Å². The highest BCUT2D eigenvalue weighted by Gasteiger charge is 1.84. The molecule has 1 N–H and O–H groups in total. The van der Waals surface area contributed by atoms with Crippen molar-refractivity contribution in [3.63, 3.8) is 0 Å². The van der Waals surface area contributed by atoms with Gasteiger partial charge in [0.2, 0.25) is 0 Å². The van der Waals surface area contributed by atoms with Gasteiger partial charge in [-0.2, -0.15) is 11.8 Å². The molecule has 4 heteroatoms. The van der Waals surface area contributed by atoms with Gasteiger partial charge in [0.05, 0.1) is 6.61 Å². The second-order valence-electron chi connectivity index (χ2n) is 1.09. The van der Waals surface area contributed by atoms with Gasteiger partial charge in [-0.15, -0.1) is 0 Å². The van der Waals surface area contributed by atoms with E-state index in [1.807, 2.05) is 0 Å². The lowest BCUT2D eigenvalue weighted by atomic mass is 10.9. The molecule has 8 heavy (non-hydrogen) atoms. The summed E-state index contributed by atoms with van der Waals surface area (Å²) in [4.78, 5) is 4.17. The van der Waals surface area contributed by atoms with Crippen molar-refractivity contribution < 1.29 is 15.2 Å². The van der Waals surface area contributed by atoms with Crippen molar-refractivity contribution in [2.24, 2.45) is 0 Å². The van der Waals surface area contributed by atoms with E-state index in [9.17, 15) is 0 Å². The summed E-state index contributed by atoms with van der Waals surface area (Å²) in [6, 6.07) is 0. The molecule has 0 amide bonds. The molecule has 0 aliphatic rings. The van der Waals surface area contributed by atoms with Crippen LogP contribution in [0.2, 0.25) is 0 Å². The third-order valence-corrected chi connectivity index (χ3v) is 1.43. The first-order valence-electron chi connectivity index (χ1n) is 2.42. The van der Waals surface area contributed by atoms with Crippen LogP contribution in [0.25, 0.3) is 0 Å².